The highest BCUT2D eigenvalue weighted by molar-refractivity contribution is 7.89. The monoisotopic (exact) mass is 593 g/mol. The fraction of sp³-hybridized carbons (Fsp3) is 0.515. The maximum atomic E-state index is 13.4. The third-order valence-electron chi connectivity index (χ3n) is 9.14. The lowest BCUT2D eigenvalue weighted by Gasteiger charge is -2.38. The number of benzene rings is 2. The van der Waals surface area contributed by atoms with Crippen LogP contribution in [0.3, 0.4) is 0 Å². The smallest absolute Gasteiger partial charge is 0.303 e. The van der Waals surface area contributed by atoms with Crippen molar-refractivity contribution in [1.82, 2.24) is 14.2 Å². The van der Waals surface area contributed by atoms with Crippen LogP contribution in [0.4, 0.5) is 0 Å². The third kappa shape index (κ3) is 6.42. The van der Waals surface area contributed by atoms with Gasteiger partial charge in [-0.05, 0) is 79.7 Å². The summed E-state index contributed by atoms with van der Waals surface area (Å²) >= 11 is 0. The van der Waals surface area contributed by atoms with Gasteiger partial charge in [0.25, 0.3) is 0 Å². The average Bonchev–Trinajstić information content (AvgIpc) is 3.57. The quantitative estimate of drug-likeness (QED) is 0.346. The lowest BCUT2D eigenvalue weighted by molar-refractivity contribution is -0.139. The molecule has 2 N–H and O–H groups in total. The molecule has 1 saturated carbocycles. The first-order chi connectivity index (χ1) is 19.8. The number of aliphatic carboxylic acids is 1. The van der Waals surface area contributed by atoms with Crippen LogP contribution in [-0.4, -0.2) is 53.5 Å². The minimum absolute atomic E-state index is 0.0296. The van der Waals surface area contributed by atoms with Crippen LogP contribution >= 0.6 is 0 Å². The molecule has 42 heavy (non-hydrogen) atoms. The maximum absolute atomic E-state index is 13.4. The standard InChI is InChI=1S/C33H43N3O5S/c1-33(2,3)30-6-5-19-36(30)32(39)24-12-15-26(16-13-24)34-42(40,41)27-17-14-25-20-28(35(4)29(25)21-27)23-10-7-22(8-11-23)9-18-31(37)38/h7-8,10-11,14,17,20-21,24,26,30,34H,5-6,9,12-13,15-16,18-19H2,1-4H3,(H,37,38)/t24-,26-,30?. The number of carbonyl (C=O) groups is 2. The number of carboxylic acid groups (broad SMARTS) is 1. The third-order valence-corrected chi connectivity index (χ3v) is 10.7. The van der Waals surface area contributed by atoms with Gasteiger partial charge in [0.05, 0.1) is 4.90 Å². The summed E-state index contributed by atoms with van der Waals surface area (Å²) in [5.74, 6) is -0.603. The molecule has 8 nitrogen and oxygen atoms in total. The lowest BCUT2D eigenvalue weighted by atomic mass is 9.82. The zero-order valence-electron chi connectivity index (χ0n) is 25.1. The van der Waals surface area contributed by atoms with Crippen LogP contribution in [-0.2, 0) is 33.1 Å². The Labute approximate surface area is 249 Å². The minimum Gasteiger partial charge on any atom is -0.481 e. The summed E-state index contributed by atoms with van der Waals surface area (Å²) in [4.78, 5) is 26.6. The average molecular weight is 594 g/mol. The highest BCUT2D eigenvalue weighted by Crippen LogP contribution is 2.36. The molecule has 2 aliphatic rings. The second-order valence-electron chi connectivity index (χ2n) is 13.1. The van der Waals surface area contributed by atoms with Crippen molar-refractivity contribution >= 4 is 32.8 Å². The Bertz CT molecular complexity index is 1560. The second-order valence-corrected chi connectivity index (χ2v) is 14.8. The number of aryl methyl sites for hydroxylation is 2. The van der Waals surface area contributed by atoms with Gasteiger partial charge in [-0.15, -0.1) is 0 Å². The van der Waals surface area contributed by atoms with E-state index in [-0.39, 0.29) is 40.6 Å². The molecule has 1 aliphatic heterocycles. The molecule has 1 aromatic heterocycles. The molecule has 9 heteroatoms. The first-order valence-electron chi connectivity index (χ1n) is 15.1. The van der Waals surface area contributed by atoms with Gasteiger partial charge in [-0.2, -0.15) is 0 Å². The van der Waals surface area contributed by atoms with Crippen LogP contribution in [0.25, 0.3) is 22.2 Å². The van der Waals surface area contributed by atoms with Crippen molar-refractivity contribution < 1.29 is 23.1 Å². The summed E-state index contributed by atoms with van der Waals surface area (Å²) in [5.41, 5.74) is 3.77. The fourth-order valence-electron chi connectivity index (χ4n) is 6.76. The molecule has 1 unspecified atom stereocenters. The molecular formula is C33H43N3O5S. The first-order valence-corrected chi connectivity index (χ1v) is 16.6. The van der Waals surface area contributed by atoms with Crippen LogP contribution in [0.1, 0.15) is 71.3 Å². The van der Waals surface area contributed by atoms with E-state index in [2.05, 4.69) is 30.4 Å². The molecule has 1 saturated heterocycles. The van der Waals surface area contributed by atoms with Crippen molar-refractivity contribution in [3.05, 3.63) is 54.1 Å². The molecule has 3 aromatic rings. The van der Waals surface area contributed by atoms with E-state index in [0.29, 0.717) is 32.1 Å². The van der Waals surface area contributed by atoms with Crippen molar-refractivity contribution in [3.8, 4) is 11.3 Å². The number of fused-ring (bicyclic) bond motifs is 1. The number of rotatable bonds is 8. The molecule has 1 amide bonds. The number of aromatic nitrogens is 1. The maximum Gasteiger partial charge on any atom is 0.303 e. The summed E-state index contributed by atoms with van der Waals surface area (Å²) in [7, 11) is -1.81. The zero-order valence-corrected chi connectivity index (χ0v) is 25.9. The van der Waals surface area contributed by atoms with E-state index in [0.717, 1.165) is 47.1 Å². The highest BCUT2D eigenvalue weighted by Gasteiger charge is 2.40. The first kappa shape index (κ1) is 30.3. The Morgan fingerprint density at radius 3 is 2.31 bits per heavy atom. The summed E-state index contributed by atoms with van der Waals surface area (Å²) < 4.78 is 31.7. The van der Waals surface area contributed by atoms with Gasteiger partial charge in [-0.3, -0.25) is 9.59 Å². The van der Waals surface area contributed by atoms with E-state index in [1.807, 2.05) is 48.0 Å². The summed E-state index contributed by atoms with van der Waals surface area (Å²) in [5, 5.41) is 9.87. The van der Waals surface area contributed by atoms with E-state index < -0.39 is 16.0 Å². The molecule has 1 atom stereocenters. The van der Waals surface area contributed by atoms with Crippen molar-refractivity contribution in [2.24, 2.45) is 18.4 Å². The number of nitrogens with one attached hydrogen (secondary N) is 1. The number of carboxylic acids is 1. The largest absolute Gasteiger partial charge is 0.481 e. The Morgan fingerprint density at radius 2 is 1.67 bits per heavy atom. The molecule has 0 spiro atoms. The van der Waals surface area contributed by atoms with Crippen LogP contribution < -0.4 is 4.72 Å². The van der Waals surface area contributed by atoms with E-state index in [9.17, 15) is 18.0 Å². The minimum atomic E-state index is -3.73. The zero-order chi connectivity index (χ0) is 30.2. The van der Waals surface area contributed by atoms with Crippen LogP contribution in [0.5, 0.6) is 0 Å². The number of hydrogen-bond donors (Lipinski definition) is 2. The van der Waals surface area contributed by atoms with Gasteiger partial charge in [0.15, 0.2) is 0 Å². The highest BCUT2D eigenvalue weighted by atomic mass is 32.2. The predicted molar refractivity (Wildman–Crippen MR) is 165 cm³/mol. The van der Waals surface area contributed by atoms with Crippen LogP contribution in [0.15, 0.2) is 53.4 Å². The van der Waals surface area contributed by atoms with Crippen molar-refractivity contribution in [1.29, 1.82) is 0 Å². The normalized spacial score (nSPS) is 21.6. The molecule has 0 bridgehead atoms. The molecule has 5 rings (SSSR count). The SMILES string of the molecule is Cn1c(-c2ccc(CCC(=O)O)cc2)cc2ccc(S(=O)(=O)N[C@H]3CC[C@H](C(=O)N4CCCC4C(C)(C)C)CC3)cc21. The van der Waals surface area contributed by atoms with Gasteiger partial charge >= 0.3 is 5.97 Å². The molecule has 2 fully saturated rings. The van der Waals surface area contributed by atoms with Crippen molar-refractivity contribution in [2.45, 2.75) is 89.1 Å². The second kappa shape index (κ2) is 11.8. The molecule has 1 aliphatic carbocycles. The topological polar surface area (TPSA) is 109 Å². The Balaban J connectivity index is 1.24. The Hall–Kier alpha value is -3.17. The van der Waals surface area contributed by atoms with E-state index in [1.165, 1.54) is 0 Å². The summed E-state index contributed by atoms with van der Waals surface area (Å²) in [6.45, 7) is 7.43. The fourth-order valence-corrected chi connectivity index (χ4v) is 8.08. The molecule has 2 heterocycles. The van der Waals surface area contributed by atoms with Gasteiger partial charge in [-0.25, -0.2) is 13.1 Å². The summed E-state index contributed by atoms with van der Waals surface area (Å²) in [6, 6.07) is 15.2. The molecule has 226 valence electrons. The number of hydrogen-bond acceptors (Lipinski definition) is 4. The number of carbonyl (C=O) groups excluding carboxylic acids is 1. The lowest BCUT2D eigenvalue weighted by Crippen LogP contribution is -2.47. The van der Waals surface area contributed by atoms with Crippen LogP contribution in [0, 0.1) is 11.3 Å². The molecule has 2 aromatic carbocycles. The van der Waals surface area contributed by atoms with Gasteiger partial charge in [0, 0.05) is 54.6 Å². The van der Waals surface area contributed by atoms with Crippen LogP contribution in [0.2, 0.25) is 0 Å². The van der Waals surface area contributed by atoms with E-state index in [1.54, 1.807) is 12.1 Å². The number of sulfonamides is 1. The number of nitrogens with zero attached hydrogens (tertiary/aromatic N) is 2. The van der Waals surface area contributed by atoms with Crippen molar-refractivity contribution in [2.75, 3.05) is 6.54 Å². The number of amides is 1. The number of likely N-dealkylation sites (tertiary alicyclic amines) is 1. The van der Waals surface area contributed by atoms with Gasteiger partial charge in [0.2, 0.25) is 15.9 Å². The Kier molecular flexibility index (Phi) is 8.54. The predicted octanol–water partition coefficient (Wildman–Crippen LogP) is 5.74. The van der Waals surface area contributed by atoms with Gasteiger partial charge < -0.3 is 14.6 Å². The Morgan fingerprint density at radius 1 is 0.976 bits per heavy atom. The summed E-state index contributed by atoms with van der Waals surface area (Å²) in [6.07, 6.45) is 5.39. The van der Waals surface area contributed by atoms with Gasteiger partial charge in [0.1, 0.15) is 0 Å². The molecule has 0 radical (unpaired) electrons. The van der Waals surface area contributed by atoms with Gasteiger partial charge in [-0.1, -0.05) is 51.1 Å². The van der Waals surface area contributed by atoms with Crippen molar-refractivity contribution in [3.63, 3.8) is 0 Å². The van der Waals surface area contributed by atoms with E-state index >= 15 is 0 Å². The molecular weight excluding hydrogens is 550 g/mol. The van der Waals surface area contributed by atoms with E-state index in [4.69, 9.17) is 5.11 Å².